The number of para-hydroxylation sites is 1. The summed E-state index contributed by atoms with van der Waals surface area (Å²) in [4.78, 5) is 14.1. The normalized spacial score (nSPS) is 17.3. The summed E-state index contributed by atoms with van der Waals surface area (Å²) in [6, 6.07) is 7.67. The minimum atomic E-state index is -4.55. The molecule has 140 valence electrons. The van der Waals surface area contributed by atoms with Gasteiger partial charge in [-0.05, 0) is 37.1 Å². The molecule has 0 radical (unpaired) electrons. The number of anilines is 1. The minimum absolute atomic E-state index is 0.131. The quantitative estimate of drug-likeness (QED) is 0.845. The van der Waals surface area contributed by atoms with Crippen molar-refractivity contribution in [3.63, 3.8) is 0 Å². The standard InChI is InChI=1S/C18H19F3N2O3/c19-18(20,21)15-7-1-2-8-16(15)22-17(24)23(11-13-5-3-9-25-13)12-14-6-4-10-26-14/h1-3,5,7-9,14H,4,6,10-12H2,(H,22,24)/t14-/m1/s1. The number of rotatable bonds is 5. The molecule has 1 atom stereocenters. The Morgan fingerprint density at radius 1 is 1.23 bits per heavy atom. The second-order valence-electron chi connectivity index (χ2n) is 6.07. The summed E-state index contributed by atoms with van der Waals surface area (Å²) in [7, 11) is 0. The van der Waals surface area contributed by atoms with Crippen molar-refractivity contribution in [3.05, 3.63) is 54.0 Å². The number of hydrogen-bond donors (Lipinski definition) is 1. The largest absolute Gasteiger partial charge is 0.467 e. The fourth-order valence-electron chi connectivity index (χ4n) is 2.88. The van der Waals surface area contributed by atoms with Crippen LogP contribution in [0, 0.1) is 0 Å². The minimum Gasteiger partial charge on any atom is -0.467 e. The van der Waals surface area contributed by atoms with Crippen molar-refractivity contribution in [2.75, 3.05) is 18.5 Å². The molecule has 0 unspecified atom stereocenters. The zero-order chi connectivity index (χ0) is 18.6. The van der Waals surface area contributed by atoms with Crippen LogP contribution < -0.4 is 5.32 Å². The molecule has 0 saturated carbocycles. The predicted octanol–water partition coefficient (Wildman–Crippen LogP) is 4.51. The summed E-state index contributed by atoms with van der Waals surface area (Å²) in [6.07, 6.45) is -1.49. The molecule has 0 bridgehead atoms. The van der Waals surface area contributed by atoms with E-state index in [-0.39, 0.29) is 24.9 Å². The molecule has 26 heavy (non-hydrogen) atoms. The number of alkyl halides is 3. The lowest BCUT2D eigenvalue weighted by Crippen LogP contribution is -2.39. The van der Waals surface area contributed by atoms with Gasteiger partial charge in [-0.1, -0.05) is 12.1 Å². The molecule has 1 aliphatic heterocycles. The van der Waals surface area contributed by atoms with Crippen LogP contribution in [0.1, 0.15) is 24.2 Å². The summed E-state index contributed by atoms with van der Waals surface area (Å²) >= 11 is 0. The molecule has 8 heteroatoms. The molecule has 3 rings (SSSR count). The first-order chi connectivity index (χ1) is 12.4. The van der Waals surface area contributed by atoms with Crippen LogP contribution in [-0.2, 0) is 17.5 Å². The fraction of sp³-hybridized carbons (Fsp3) is 0.389. The number of carbonyl (C=O) groups is 1. The highest BCUT2D eigenvalue weighted by Gasteiger charge is 2.34. The summed E-state index contributed by atoms with van der Waals surface area (Å²) in [6.45, 7) is 1.05. The summed E-state index contributed by atoms with van der Waals surface area (Å²) < 4.78 is 50.2. The maximum atomic E-state index is 13.1. The van der Waals surface area contributed by atoms with E-state index in [0.29, 0.717) is 12.4 Å². The van der Waals surface area contributed by atoms with Crippen molar-refractivity contribution in [1.29, 1.82) is 0 Å². The van der Waals surface area contributed by atoms with E-state index in [2.05, 4.69) is 5.32 Å². The molecule has 2 aromatic rings. The molecule has 1 saturated heterocycles. The van der Waals surface area contributed by atoms with E-state index < -0.39 is 17.8 Å². The van der Waals surface area contributed by atoms with Crippen molar-refractivity contribution in [2.24, 2.45) is 0 Å². The number of amides is 2. The van der Waals surface area contributed by atoms with Gasteiger partial charge in [-0.15, -0.1) is 0 Å². The monoisotopic (exact) mass is 368 g/mol. The van der Waals surface area contributed by atoms with Gasteiger partial charge in [-0.2, -0.15) is 13.2 Å². The number of carbonyl (C=O) groups excluding carboxylic acids is 1. The Kier molecular flexibility index (Phi) is 5.51. The molecule has 1 aliphatic rings. The van der Waals surface area contributed by atoms with E-state index in [9.17, 15) is 18.0 Å². The molecule has 0 spiro atoms. The van der Waals surface area contributed by atoms with Crippen LogP contribution in [0.5, 0.6) is 0 Å². The zero-order valence-electron chi connectivity index (χ0n) is 14.0. The number of nitrogens with one attached hydrogen (secondary N) is 1. The Hall–Kier alpha value is -2.48. The van der Waals surface area contributed by atoms with Gasteiger partial charge in [0.15, 0.2) is 0 Å². The van der Waals surface area contributed by atoms with Gasteiger partial charge in [0, 0.05) is 13.2 Å². The Morgan fingerprint density at radius 3 is 2.69 bits per heavy atom. The molecular weight excluding hydrogens is 349 g/mol. The second kappa shape index (κ2) is 7.82. The van der Waals surface area contributed by atoms with Crippen LogP contribution >= 0.6 is 0 Å². The van der Waals surface area contributed by atoms with Crippen molar-refractivity contribution >= 4 is 11.7 Å². The predicted molar refractivity (Wildman–Crippen MR) is 88.6 cm³/mol. The van der Waals surface area contributed by atoms with Gasteiger partial charge in [0.05, 0.1) is 30.2 Å². The number of furan rings is 1. The third-order valence-corrected chi connectivity index (χ3v) is 4.14. The average Bonchev–Trinajstić information content (AvgIpc) is 3.27. The highest BCUT2D eigenvalue weighted by molar-refractivity contribution is 5.90. The maximum absolute atomic E-state index is 13.1. The van der Waals surface area contributed by atoms with Crippen LogP contribution in [0.3, 0.4) is 0 Å². The maximum Gasteiger partial charge on any atom is 0.418 e. The van der Waals surface area contributed by atoms with Crippen molar-refractivity contribution in [3.8, 4) is 0 Å². The first kappa shape index (κ1) is 18.3. The van der Waals surface area contributed by atoms with Crippen LogP contribution in [0.4, 0.5) is 23.7 Å². The van der Waals surface area contributed by atoms with E-state index in [4.69, 9.17) is 9.15 Å². The van der Waals surface area contributed by atoms with E-state index in [0.717, 1.165) is 18.9 Å². The third kappa shape index (κ3) is 4.57. The molecular formula is C18H19F3N2O3. The number of hydrogen-bond acceptors (Lipinski definition) is 3. The van der Waals surface area contributed by atoms with Gasteiger partial charge in [0.2, 0.25) is 0 Å². The Bertz CT molecular complexity index is 726. The number of halogens is 3. The molecule has 1 N–H and O–H groups in total. The molecule has 2 heterocycles. The van der Waals surface area contributed by atoms with E-state index in [1.165, 1.54) is 29.4 Å². The Morgan fingerprint density at radius 2 is 2.04 bits per heavy atom. The molecule has 5 nitrogen and oxygen atoms in total. The Labute approximate surface area is 148 Å². The second-order valence-corrected chi connectivity index (χ2v) is 6.07. The summed E-state index contributed by atoms with van der Waals surface area (Å²) in [5.41, 5.74) is -1.16. The average molecular weight is 368 g/mol. The SMILES string of the molecule is O=C(Nc1ccccc1C(F)(F)F)N(Cc1ccco1)C[C@H]1CCCO1. The molecule has 1 aromatic heterocycles. The van der Waals surface area contributed by atoms with E-state index in [1.54, 1.807) is 12.1 Å². The highest BCUT2D eigenvalue weighted by atomic mass is 19.4. The Balaban J connectivity index is 1.76. The van der Waals surface area contributed by atoms with Gasteiger partial charge in [-0.3, -0.25) is 0 Å². The van der Waals surface area contributed by atoms with Gasteiger partial charge in [-0.25, -0.2) is 4.79 Å². The van der Waals surface area contributed by atoms with Crippen LogP contribution in [0.2, 0.25) is 0 Å². The molecule has 1 fully saturated rings. The fourth-order valence-corrected chi connectivity index (χ4v) is 2.88. The van der Waals surface area contributed by atoms with Crippen molar-refractivity contribution < 1.29 is 27.1 Å². The topological polar surface area (TPSA) is 54.7 Å². The van der Waals surface area contributed by atoms with Gasteiger partial charge in [0.1, 0.15) is 5.76 Å². The lowest BCUT2D eigenvalue weighted by atomic mass is 10.1. The van der Waals surface area contributed by atoms with Crippen LogP contribution in [0.25, 0.3) is 0 Å². The number of urea groups is 1. The lowest BCUT2D eigenvalue weighted by Gasteiger charge is -2.25. The first-order valence-electron chi connectivity index (χ1n) is 8.29. The first-order valence-corrected chi connectivity index (χ1v) is 8.29. The van der Waals surface area contributed by atoms with Crippen molar-refractivity contribution in [2.45, 2.75) is 31.7 Å². The number of nitrogens with zero attached hydrogens (tertiary/aromatic N) is 1. The molecule has 1 aromatic carbocycles. The van der Waals surface area contributed by atoms with Crippen molar-refractivity contribution in [1.82, 2.24) is 4.90 Å². The highest BCUT2D eigenvalue weighted by Crippen LogP contribution is 2.34. The lowest BCUT2D eigenvalue weighted by molar-refractivity contribution is -0.136. The van der Waals surface area contributed by atoms with Gasteiger partial charge in [0.25, 0.3) is 0 Å². The van der Waals surface area contributed by atoms with Gasteiger partial charge >= 0.3 is 12.2 Å². The van der Waals surface area contributed by atoms with Gasteiger partial charge < -0.3 is 19.4 Å². The van der Waals surface area contributed by atoms with E-state index in [1.807, 2.05) is 0 Å². The van der Waals surface area contributed by atoms with E-state index >= 15 is 0 Å². The van der Waals surface area contributed by atoms with Crippen LogP contribution in [0.15, 0.2) is 47.1 Å². The molecule has 2 amide bonds. The number of benzene rings is 1. The third-order valence-electron chi connectivity index (χ3n) is 4.14. The number of ether oxygens (including phenoxy) is 1. The zero-order valence-corrected chi connectivity index (χ0v) is 14.0. The summed E-state index contributed by atoms with van der Waals surface area (Å²) in [5, 5.41) is 2.37. The van der Waals surface area contributed by atoms with Crippen LogP contribution in [-0.4, -0.2) is 30.2 Å². The smallest absolute Gasteiger partial charge is 0.418 e. The summed E-state index contributed by atoms with van der Waals surface area (Å²) in [5.74, 6) is 0.544. The molecule has 0 aliphatic carbocycles.